The summed E-state index contributed by atoms with van der Waals surface area (Å²) in [5, 5.41) is 18.9. The molecule has 1 aliphatic rings. The van der Waals surface area contributed by atoms with E-state index in [1.807, 2.05) is 0 Å². The summed E-state index contributed by atoms with van der Waals surface area (Å²) in [5.74, 6) is -2.15. The number of primary amides is 1. The fourth-order valence-electron chi connectivity index (χ4n) is 2.63. The quantitative estimate of drug-likeness (QED) is 0.619. The molecule has 0 aromatic carbocycles. The third kappa shape index (κ3) is 3.09. The van der Waals surface area contributed by atoms with Crippen LogP contribution in [0.3, 0.4) is 0 Å². The van der Waals surface area contributed by atoms with Gasteiger partial charge in [-0.3, -0.25) is 14.4 Å². The van der Waals surface area contributed by atoms with Gasteiger partial charge in [-0.2, -0.15) is 0 Å². The number of nitrogens with zero attached hydrogens (tertiary/aromatic N) is 1. The number of likely N-dealkylation sites (tertiary alicyclic amines) is 1. The van der Waals surface area contributed by atoms with E-state index in [0.29, 0.717) is 12.8 Å². The molecule has 4 N–H and O–H groups in total. The Hall–Kier alpha value is -1.63. The summed E-state index contributed by atoms with van der Waals surface area (Å²) in [6.45, 7) is 3.46. The molecule has 0 radical (unpaired) electrons. The van der Waals surface area contributed by atoms with E-state index in [9.17, 15) is 24.6 Å². The van der Waals surface area contributed by atoms with Gasteiger partial charge in [0.2, 0.25) is 11.8 Å². The van der Waals surface area contributed by atoms with Crippen LogP contribution in [0, 0.1) is 5.41 Å². The maximum atomic E-state index is 12.3. The Morgan fingerprint density at radius 2 is 1.85 bits per heavy atom. The Kier molecular flexibility index (Phi) is 5.10. The molecule has 20 heavy (non-hydrogen) atoms. The maximum absolute atomic E-state index is 12.3. The number of β-amino-alcohol motifs (C(OH)–C–C–N with tert-alkyl or cyclic N) is 1. The van der Waals surface area contributed by atoms with Crippen LogP contribution in [0.1, 0.15) is 39.5 Å². The van der Waals surface area contributed by atoms with E-state index in [1.165, 1.54) is 4.90 Å². The monoisotopic (exact) mass is 286 g/mol. The molecule has 1 heterocycles. The first kappa shape index (κ1) is 16.4. The molecule has 0 spiro atoms. The van der Waals surface area contributed by atoms with Crippen LogP contribution in [-0.2, 0) is 14.4 Å². The summed E-state index contributed by atoms with van der Waals surface area (Å²) in [4.78, 5) is 36.2. The lowest BCUT2D eigenvalue weighted by Gasteiger charge is -2.30. The Bertz CT molecular complexity index is 406. The first-order valence-corrected chi connectivity index (χ1v) is 6.77. The van der Waals surface area contributed by atoms with E-state index in [2.05, 4.69) is 0 Å². The average Bonchev–Trinajstić information content (AvgIpc) is 2.78. The van der Waals surface area contributed by atoms with E-state index < -0.39 is 35.3 Å². The molecule has 0 aromatic rings. The molecule has 0 saturated carbocycles. The topological polar surface area (TPSA) is 121 Å². The number of carbonyl (C=O) groups is 3. The van der Waals surface area contributed by atoms with Crippen molar-refractivity contribution < 1.29 is 24.6 Å². The van der Waals surface area contributed by atoms with Crippen LogP contribution in [0.25, 0.3) is 0 Å². The first-order chi connectivity index (χ1) is 9.27. The minimum atomic E-state index is -1.13. The predicted molar refractivity (Wildman–Crippen MR) is 70.6 cm³/mol. The fraction of sp³-hybridized carbons (Fsp3) is 0.769. The molecule has 2 unspecified atom stereocenters. The summed E-state index contributed by atoms with van der Waals surface area (Å²) in [6, 6.07) is -0.849. The van der Waals surface area contributed by atoms with Crippen LogP contribution in [0.2, 0.25) is 0 Å². The molecule has 1 saturated heterocycles. The van der Waals surface area contributed by atoms with Crippen LogP contribution < -0.4 is 5.73 Å². The van der Waals surface area contributed by atoms with Crippen molar-refractivity contribution in [3.05, 3.63) is 0 Å². The van der Waals surface area contributed by atoms with Gasteiger partial charge in [0.25, 0.3) is 0 Å². The number of hydrogen-bond donors (Lipinski definition) is 3. The molecule has 114 valence electrons. The highest BCUT2D eigenvalue weighted by molar-refractivity contribution is 5.90. The SMILES string of the molecule is CCC(CC)(CC(=O)N1CC(O)CC1C(N)=O)C(=O)O. The standard InChI is InChI=1S/C13H22N2O5/c1-3-13(4-2,12(19)20)6-10(17)15-7-8(16)5-9(15)11(14)18/h8-9,16H,3-7H2,1-2H3,(H2,14,18)(H,19,20). The number of carboxylic acids is 1. The highest BCUT2D eigenvalue weighted by Crippen LogP contribution is 2.33. The molecule has 2 atom stereocenters. The number of aliphatic hydroxyl groups excluding tert-OH is 1. The summed E-state index contributed by atoms with van der Waals surface area (Å²) < 4.78 is 0. The predicted octanol–water partition coefficient (Wildman–Crippen LogP) is -0.285. The average molecular weight is 286 g/mol. The van der Waals surface area contributed by atoms with Gasteiger partial charge in [0, 0.05) is 19.4 Å². The number of aliphatic hydroxyl groups is 1. The number of hydrogen-bond acceptors (Lipinski definition) is 4. The van der Waals surface area contributed by atoms with Gasteiger partial charge >= 0.3 is 5.97 Å². The summed E-state index contributed by atoms with van der Waals surface area (Å²) >= 11 is 0. The van der Waals surface area contributed by atoms with E-state index in [0.717, 1.165) is 0 Å². The smallest absolute Gasteiger partial charge is 0.310 e. The van der Waals surface area contributed by atoms with Crippen LogP contribution in [0.15, 0.2) is 0 Å². The maximum Gasteiger partial charge on any atom is 0.310 e. The number of carboxylic acid groups (broad SMARTS) is 1. The molecule has 1 rings (SSSR count). The molecule has 0 aromatic heterocycles. The van der Waals surface area contributed by atoms with Crippen LogP contribution >= 0.6 is 0 Å². The lowest BCUT2D eigenvalue weighted by molar-refractivity contribution is -0.155. The van der Waals surface area contributed by atoms with E-state index >= 15 is 0 Å². The Labute approximate surface area is 117 Å². The van der Waals surface area contributed by atoms with Crippen molar-refractivity contribution in [1.29, 1.82) is 0 Å². The summed E-state index contributed by atoms with van der Waals surface area (Å²) in [5.41, 5.74) is 4.08. The fourth-order valence-corrected chi connectivity index (χ4v) is 2.63. The van der Waals surface area contributed by atoms with Crippen molar-refractivity contribution in [3.8, 4) is 0 Å². The summed E-state index contributed by atoms with van der Waals surface area (Å²) in [7, 11) is 0. The summed E-state index contributed by atoms with van der Waals surface area (Å²) in [6.07, 6.45) is -0.228. The lowest BCUT2D eigenvalue weighted by atomic mass is 9.79. The highest BCUT2D eigenvalue weighted by Gasteiger charge is 2.43. The zero-order valence-electron chi connectivity index (χ0n) is 11.8. The highest BCUT2D eigenvalue weighted by atomic mass is 16.4. The van der Waals surface area contributed by atoms with Crippen molar-refractivity contribution >= 4 is 17.8 Å². The van der Waals surface area contributed by atoms with Gasteiger partial charge in [-0.25, -0.2) is 0 Å². The Morgan fingerprint density at radius 1 is 1.30 bits per heavy atom. The minimum Gasteiger partial charge on any atom is -0.481 e. The zero-order valence-corrected chi connectivity index (χ0v) is 11.8. The second kappa shape index (κ2) is 6.21. The lowest BCUT2D eigenvalue weighted by Crippen LogP contribution is -2.46. The van der Waals surface area contributed by atoms with Gasteiger partial charge < -0.3 is 20.8 Å². The first-order valence-electron chi connectivity index (χ1n) is 6.77. The molecule has 0 aliphatic carbocycles. The van der Waals surface area contributed by atoms with Crippen molar-refractivity contribution in [1.82, 2.24) is 4.90 Å². The second-order valence-corrected chi connectivity index (χ2v) is 5.32. The van der Waals surface area contributed by atoms with Gasteiger partial charge in [0.05, 0.1) is 11.5 Å². The van der Waals surface area contributed by atoms with Gasteiger partial charge in [0.1, 0.15) is 6.04 Å². The molecule has 1 aliphatic heterocycles. The van der Waals surface area contributed by atoms with Gasteiger partial charge in [0.15, 0.2) is 0 Å². The van der Waals surface area contributed by atoms with Crippen molar-refractivity contribution in [2.24, 2.45) is 11.1 Å². The number of amides is 2. The zero-order chi connectivity index (χ0) is 15.5. The molecular weight excluding hydrogens is 264 g/mol. The van der Waals surface area contributed by atoms with Gasteiger partial charge in [-0.05, 0) is 12.8 Å². The number of nitrogens with two attached hydrogens (primary N) is 1. The molecule has 0 bridgehead atoms. The van der Waals surface area contributed by atoms with Crippen molar-refractivity contribution in [2.75, 3.05) is 6.54 Å². The largest absolute Gasteiger partial charge is 0.481 e. The molecule has 7 nitrogen and oxygen atoms in total. The number of rotatable bonds is 6. The van der Waals surface area contributed by atoms with Crippen molar-refractivity contribution in [2.45, 2.75) is 51.7 Å². The van der Waals surface area contributed by atoms with Crippen LogP contribution in [0.5, 0.6) is 0 Å². The van der Waals surface area contributed by atoms with E-state index in [-0.39, 0.29) is 19.4 Å². The van der Waals surface area contributed by atoms with Gasteiger partial charge in [-0.1, -0.05) is 13.8 Å². The second-order valence-electron chi connectivity index (χ2n) is 5.32. The third-order valence-corrected chi connectivity index (χ3v) is 4.22. The van der Waals surface area contributed by atoms with Crippen molar-refractivity contribution in [3.63, 3.8) is 0 Å². The van der Waals surface area contributed by atoms with Crippen LogP contribution in [0.4, 0.5) is 0 Å². The molecule has 2 amide bonds. The Balaban J connectivity index is 2.89. The van der Waals surface area contributed by atoms with E-state index in [4.69, 9.17) is 5.73 Å². The van der Waals surface area contributed by atoms with Crippen LogP contribution in [-0.4, -0.2) is 51.6 Å². The normalized spacial score (nSPS) is 22.9. The Morgan fingerprint density at radius 3 is 2.25 bits per heavy atom. The number of carbonyl (C=O) groups excluding carboxylic acids is 2. The third-order valence-electron chi connectivity index (χ3n) is 4.22. The molecular formula is C13H22N2O5. The minimum absolute atomic E-state index is 0.0234. The van der Waals surface area contributed by atoms with E-state index in [1.54, 1.807) is 13.8 Å². The molecule has 7 heteroatoms. The number of aliphatic carboxylic acids is 1. The molecule has 1 fully saturated rings. The van der Waals surface area contributed by atoms with Gasteiger partial charge in [-0.15, -0.1) is 0 Å².